The number of H-pyrrole nitrogens is 2. The fraction of sp³-hybridized carbons (Fsp3) is 0.179. The van der Waals surface area contributed by atoms with Crippen LogP contribution in [0, 0.1) is 5.41 Å². The molecule has 2 fully saturated rings. The van der Waals surface area contributed by atoms with E-state index < -0.39 is 0 Å². The predicted molar refractivity (Wildman–Crippen MR) is 210 cm³/mol. The standard InChI is InChI=1S/C39H32N4S4/c1-3-7-25(8-4-1)35-29-13-11-27(40-29)19-28-12-14-30(41-28)36(26-9-5-2-6-10-26)32-16-18-34(43-32)37(33-17-15-31(35)42-33)38-46-22-39(23-47-38)20-44-24-45-21-39/h1-19,38,40-41H,20-24H2. The van der Waals surface area contributed by atoms with Crippen LogP contribution >= 0.6 is 47.0 Å². The van der Waals surface area contributed by atoms with Gasteiger partial charge in [0.05, 0.1) is 27.4 Å². The van der Waals surface area contributed by atoms with E-state index in [1.54, 1.807) is 0 Å². The SMILES string of the molecule is C1=Cc2nc1c(C1SCC3(CSCSC3)CS1)c1nc(c(-c3ccccc3)c3ccc(cc4ccc([nH]4)c2-c2ccccc2)[nH]3)C=C1. The molecule has 1 spiro atoms. The van der Waals surface area contributed by atoms with E-state index in [9.17, 15) is 0 Å². The van der Waals surface area contributed by atoms with E-state index in [1.165, 1.54) is 33.7 Å². The summed E-state index contributed by atoms with van der Waals surface area (Å²) in [4.78, 5) is 18.2. The fourth-order valence-corrected chi connectivity index (χ4v) is 13.4. The van der Waals surface area contributed by atoms with Gasteiger partial charge in [0, 0.05) is 72.3 Å². The van der Waals surface area contributed by atoms with Gasteiger partial charge in [0.2, 0.25) is 0 Å². The number of nitrogens with zero attached hydrogens (tertiary/aromatic N) is 2. The molecule has 0 radical (unpaired) electrons. The highest BCUT2D eigenvalue weighted by Crippen LogP contribution is 2.54. The molecule has 232 valence electrons. The second-order valence-electron chi connectivity index (χ2n) is 12.4. The normalized spacial score (nSPS) is 17.4. The minimum Gasteiger partial charge on any atom is -0.355 e. The summed E-state index contributed by atoms with van der Waals surface area (Å²) in [6.07, 6.45) is 8.81. The molecule has 8 bridgehead atoms. The number of aromatic nitrogens is 4. The summed E-state index contributed by atoms with van der Waals surface area (Å²) in [5.41, 5.74) is 14.2. The molecule has 9 rings (SSSR count). The minimum absolute atomic E-state index is 0.256. The quantitative estimate of drug-likeness (QED) is 0.193. The first-order valence-electron chi connectivity index (χ1n) is 15.8. The molecule has 0 aliphatic carbocycles. The van der Waals surface area contributed by atoms with Gasteiger partial charge in [-0.25, -0.2) is 9.97 Å². The Bertz CT molecular complexity index is 2050. The van der Waals surface area contributed by atoms with Crippen molar-refractivity contribution in [1.29, 1.82) is 0 Å². The van der Waals surface area contributed by atoms with E-state index in [1.807, 2.05) is 0 Å². The topological polar surface area (TPSA) is 57.4 Å². The van der Waals surface area contributed by atoms with Crippen LogP contribution < -0.4 is 0 Å². The molecule has 2 aromatic carbocycles. The van der Waals surface area contributed by atoms with Crippen LogP contribution in [0.25, 0.3) is 68.6 Å². The number of fused-ring (bicyclic) bond motifs is 8. The largest absolute Gasteiger partial charge is 0.355 e. The van der Waals surface area contributed by atoms with Crippen molar-refractivity contribution < 1.29 is 0 Å². The highest BCUT2D eigenvalue weighted by Gasteiger charge is 2.39. The summed E-state index contributed by atoms with van der Waals surface area (Å²) in [5.74, 6) is 4.87. The van der Waals surface area contributed by atoms with Crippen LogP contribution in [0.15, 0.2) is 91.0 Å². The number of aromatic amines is 2. The summed E-state index contributed by atoms with van der Waals surface area (Å²) in [6, 6.07) is 32.0. The average molecular weight is 685 g/mol. The number of hydrogen-bond acceptors (Lipinski definition) is 6. The molecule has 2 N–H and O–H groups in total. The molecule has 0 unspecified atom stereocenters. The van der Waals surface area contributed by atoms with Gasteiger partial charge < -0.3 is 9.97 Å². The Labute approximate surface area is 291 Å². The molecule has 47 heavy (non-hydrogen) atoms. The molecular weight excluding hydrogens is 653 g/mol. The maximum Gasteiger partial charge on any atom is 0.0794 e. The molecular formula is C39H32N4S4. The van der Waals surface area contributed by atoms with Gasteiger partial charge in [0.25, 0.3) is 0 Å². The van der Waals surface area contributed by atoms with E-state index >= 15 is 0 Å². The molecule has 4 nitrogen and oxygen atoms in total. The molecule has 3 aromatic heterocycles. The van der Waals surface area contributed by atoms with Crippen LogP contribution in [0.2, 0.25) is 0 Å². The lowest BCUT2D eigenvalue weighted by Gasteiger charge is -2.41. The first-order chi connectivity index (χ1) is 23.2. The second kappa shape index (κ2) is 12.5. The molecule has 4 aliphatic heterocycles. The molecule has 0 saturated carbocycles. The van der Waals surface area contributed by atoms with Crippen molar-refractivity contribution in [2.75, 3.05) is 28.1 Å². The average Bonchev–Trinajstić information content (AvgIpc) is 3.95. The number of nitrogens with one attached hydrogen (secondary N) is 2. The molecule has 0 atom stereocenters. The maximum atomic E-state index is 5.42. The van der Waals surface area contributed by atoms with Crippen molar-refractivity contribution in [3.8, 4) is 22.3 Å². The minimum atomic E-state index is 0.256. The lowest BCUT2D eigenvalue weighted by atomic mass is 9.99. The Morgan fingerprint density at radius 3 is 1.55 bits per heavy atom. The predicted octanol–water partition coefficient (Wildman–Crippen LogP) is 10.9. The van der Waals surface area contributed by atoms with E-state index in [0.717, 1.165) is 67.1 Å². The van der Waals surface area contributed by atoms with Crippen LogP contribution in [-0.2, 0) is 0 Å². The van der Waals surface area contributed by atoms with Gasteiger partial charge in [0.15, 0.2) is 0 Å². The molecule has 0 amide bonds. The van der Waals surface area contributed by atoms with Crippen molar-refractivity contribution in [3.63, 3.8) is 0 Å². The fourth-order valence-electron chi connectivity index (χ4n) is 6.76. The Morgan fingerprint density at radius 1 is 0.553 bits per heavy atom. The van der Waals surface area contributed by atoms with Crippen LogP contribution in [0.4, 0.5) is 0 Å². The zero-order valence-corrected chi connectivity index (χ0v) is 28.9. The Hall–Kier alpha value is -3.56. The lowest BCUT2D eigenvalue weighted by Crippen LogP contribution is -2.37. The Balaban J connectivity index is 1.33. The maximum absolute atomic E-state index is 5.42. The second-order valence-corrected chi connectivity index (χ2v) is 17.2. The van der Waals surface area contributed by atoms with Crippen LogP contribution in [0.5, 0.6) is 0 Å². The van der Waals surface area contributed by atoms with Gasteiger partial charge in [-0.1, -0.05) is 60.7 Å². The highest BCUT2D eigenvalue weighted by molar-refractivity contribution is 8.18. The van der Waals surface area contributed by atoms with Crippen molar-refractivity contribution in [1.82, 2.24) is 19.9 Å². The number of hydrogen-bond donors (Lipinski definition) is 2. The summed E-state index contributed by atoms with van der Waals surface area (Å²) in [5, 5.41) is 1.22. The van der Waals surface area contributed by atoms with Gasteiger partial charge in [0.1, 0.15) is 0 Å². The van der Waals surface area contributed by atoms with Crippen molar-refractivity contribution in [2.45, 2.75) is 4.58 Å². The lowest BCUT2D eigenvalue weighted by molar-refractivity contribution is 0.510. The van der Waals surface area contributed by atoms with Gasteiger partial charge in [-0.3, -0.25) is 0 Å². The summed E-state index contributed by atoms with van der Waals surface area (Å²) < 4.78 is 0.256. The molecule has 7 heterocycles. The zero-order chi connectivity index (χ0) is 31.2. The van der Waals surface area contributed by atoms with E-state index in [2.05, 4.69) is 172 Å². The summed E-state index contributed by atoms with van der Waals surface area (Å²) in [7, 11) is 0. The molecule has 8 heteroatoms. The van der Waals surface area contributed by atoms with Crippen molar-refractivity contribution in [2.24, 2.45) is 5.41 Å². The van der Waals surface area contributed by atoms with Gasteiger partial charge in [-0.2, -0.15) is 23.5 Å². The Kier molecular flexibility index (Phi) is 7.85. The summed E-state index contributed by atoms with van der Waals surface area (Å²) in [6.45, 7) is 0. The van der Waals surface area contributed by atoms with Gasteiger partial charge >= 0.3 is 0 Å². The first-order valence-corrected chi connectivity index (χ1v) is 20.2. The van der Waals surface area contributed by atoms with Crippen molar-refractivity contribution >= 4 is 93.4 Å². The van der Waals surface area contributed by atoms with Gasteiger partial charge in [-0.05, 0) is 65.8 Å². The zero-order valence-electron chi connectivity index (χ0n) is 25.6. The van der Waals surface area contributed by atoms with E-state index in [-0.39, 0.29) is 4.58 Å². The van der Waals surface area contributed by atoms with E-state index in [0.29, 0.717) is 5.41 Å². The first kappa shape index (κ1) is 29.6. The highest BCUT2D eigenvalue weighted by atomic mass is 32.2. The van der Waals surface area contributed by atoms with Gasteiger partial charge in [-0.15, -0.1) is 23.5 Å². The van der Waals surface area contributed by atoms with Crippen molar-refractivity contribution in [3.05, 3.63) is 119 Å². The Morgan fingerprint density at radius 2 is 1.04 bits per heavy atom. The third-order valence-corrected chi connectivity index (χ3v) is 15.5. The van der Waals surface area contributed by atoms with E-state index in [4.69, 9.17) is 9.97 Å². The molecule has 2 saturated heterocycles. The van der Waals surface area contributed by atoms with Crippen LogP contribution in [0.1, 0.15) is 32.9 Å². The smallest absolute Gasteiger partial charge is 0.0794 e. The summed E-state index contributed by atoms with van der Waals surface area (Å²) >= 11 is 8.39. The van der Waals surface area contributed by atoms with Crippen LogP contribution in [-0.4, -0.2) is 48.0 Å². The number of rotatable bonds is 3. The molecule has 5 aromatic rings. The number of benzene rings is 2. The third kappa shape index (κ3) is 5.69. The van der Waals surface area contributed by atoms with Crippen LogP contribution in [0.3, 0.4) is 0 Å². The monoisotopic (exact) mass is 684 g/mol. The third-order valence-electron chi connectivity index (χ3n) is 9.04. The molecule has 4 aliphatic rings. The number of thioether (sulfide) groups is 4.